The summed E-state index contributed by atoms with van der Waals surface area (Å²) >= 11 is 0. The number of aromatic nitrogens is 2. The minimum atomic E-state index is 0. The minimum Gasteiger partial charge on any atom is -0.512 e. The summed E-state index contributed by atoms with van der Waals surface area (Å²) in [5.74, 6) is 2.48. The first kappa shape index (κ1) is 37.6. The molecule has 0 amide bonds. The van der Waals surface area contributed by atoms with Crippen LogP contribution in [0.2, 0.25) is 0 Å². The van der Waals surface area contributed by atoms with E-state index in [0.717, 1.165) is 83.7 Å². The van der Waals surface area contributed by atoms with Crippen LogP contribution in [-0.4, -0.2) is 20.9 Å². The number of fused-ring (bicyclic) bond motifs is 2. The zero-order valence-electron chi connectivity index (χ0n) is 27.8. The van der Waals surface area contributed by atoms with Crippen LogP contribution in [0.1, 0.15) is 105 Å². The summed E-state index contributed by atoms with van der Waals surface area (Å²) in [4.78, 5) is 22.0. The van der Waals surface area contributed by atoms with E-state index in [1.807, 2.05) is 13.0 Å². The third kappa shape index (κ3) is 9.13. The molecule has 0 unspecified atom stereocenters. The molecule has 4 nitrogen and oxygen atoms in total. The van der Waals surface area contributed by atoms with Gasteiger partial charge in [0.1, 0.15) is 0 Å². The quantitative estimate of drug-likeness (QED) is 0.127. The fraction of sp³-hybridized carbons (Fsp3) is 0.488. The maximum Gasteiger partial charge on any atom is 0.162 e. The molecule has 0 atom stereocenters. The molecule has 2 aliphatic rings. The van der Waals surface area contributed by atoms with Crippen molar-refractivity contribution in [3.05, 3.63) is 83.8 Å². The van der Waals surface area contributed by atoms with E-state index >= 15 is 0 Å². The molecular formula is C41H53IrN2O2-. The van der Waals surface area contributed by atoms with Crippen molar-refractivity contribution < 1.29 is 30.0 Å². The van der Waals surface area contributed by atoms with Crippen molar-refractivity contribution in [1.82, 2.24) is 9.97 Å². The van der Waals surface area contributed by atoms with Gasteiger partial charge in [-0.1, -0.05) is 103 Å². The summed E-state index contributed by atoms with van der Waals surface area (Å²) in [6.45, 7) is 13.2. The normalized spacial score (nSPS) is 21.8. The maximum absolute atomic E-state index is 12.2. The Bertz CT molecular complexity index is 1630. The molecular weight excluding hydrogens is 745 g/mol. The zero-order chi connectivity index (χ0) is 31.4. The number of benzene rings is 3. The van der Waals surface area contributed by atoms with E-state index in [-0.39, 0.29) is 50.6 Å². The third-order valence-electron chi connectivity index (χ3n) is 9.80. The third-order valence-corrected chi connectivity index (χ3v) is 9.80. The predicted molar refractivity (Wildman–Crippen MR) is 189 cm³/mol. The standard InChI is InChI=1S/C23H21N2.C17H28O2.CH4.Ir/c1-15-22(19-11-7-9-16-8-5-6-10-18(16)19)25-21-14-17(23(2,3)4)12-13-20(21)24-15;1-12-3-7-14(8-4-12)16(18)11-17(19)15-9-5-13(2)6-10-15;;/h5-10,12-14H,1-4H3;11-15,18H,3-10H2,1-2H3;1H4;/q-1;;;. The van der Waals surface area contributed by atoms with E-state index in [9.17, 15) is 9.90 Å². The molecule has 2 saturated carbocycles. The average Bonchev–Trinajstić information content (AvgIpc) is 3.00. The van der Waals surface area contributed by atoms with Crippen molar-refractivity contribution in [1.29, 1.82) is 0 Å². The summed E-state index contributed by atoms with van der Waals surface area (Å²) in [6, 6.07) is 22.2. The van der Waals surface area contributed by atoms with Gasteiger partial charge in [-0.2, -0.15) is 0 Å². The van der Waals surface area contributed by atoms with Crippen molar-refractivity contribution in [3.63, 3.8) is 0 Å². The fourth-order valence-electron chi connectivity index (χ4n) is 6.69. The van der Waals surface area contributed by atoms with Gasteiger partial charge in [0.15, 0.2) is 5.78 Å². The second-order valence-electron chi connectivity index (χ2n) is 14.4. The van der Waals surface area contributed by atoms with Crippen LogP contribution in [0.15, 0.2) is 66.4 Å². The van der Waals surface area contributed by atoms with E-state index in [2.05, 4.69) is 89.2 Å². The van der Waals surface area contributed by atoms with Crippen molar-refractivity contribution in [3.8, 4) is 11.3 Å². The Morgan fingerprint density at radius 3 is 2.09 bits per heavy atom. The second kappa shape index (κ2) is 16.3. The van der Waals surface area contributed by atoms with Gasteiger partial charge >= 0.3 is 0 Å². The second-order valence-corrected chi connectivity index (χ2v) is 14.4. The van der Waals surface area contributed by atoms with Crippen molar-refractivity contribution in [2.45, 2.75) is 106 Å². The molecule has 1 N–H and O–H groups in total. The molecule has 1 heterocycles. The first-order chi connectivity index (χ1) is 21.0. The zero-order valence-corrected chi connectivity index (χ0v) is 30.2. The summed E-state index contributed by atoms with van der Waals surface area (Å²) in [7, 11) is 0. The Hall–Kier alpha value is -2.88. The van der Waals surface area contributed by atoms with Crippen LogP contribution in [0.3, 0.4) is 0 Å². The number of nitrogens with zero attached hydrogens (tertiary/aromatic N) is 2. The van der Waals surface area contributed by atoms with Gasteiger partial charge in [-0.25, -0.2) is 0 Å². The maximum atomic E-state index is 12.2. The van der Waals surface area contributed by atoms with Gasteiger partial charge in [0.2, 0.25) is 0 Å². The molecule has 2 aliphatic carbocycles. The van der Waals surface area contributed by atoms with Gasteiger partial charge < -0.3 is 5.11 Å². The van der Waals surface area contributed by atoms with Crippen LogP contribution in [0.25, 0.3) is 33.1 Å². The number of allylic oxidation sites excluding steroid dienone is 2. The molecule has 0 aliphatic heterocycles. The number of ketones is 1. The fourth-order valence-corrected chi connectivity index (χ4v) is 6.69. The van der Waals surface area contributed by atoms with E-state index in [4.69, 9.17) is 9.97 Å². The molecule has 249 valence electrons. The topological polar surface area (TPSA) is 63.1 Å². The molecule has 1 aromatic heterocycles. The summed E-state index contributed by atoms with van der Waals surface area (Å²) in [6.07, 6.45) is 10.3. The summed E-state index contributed by atoms with van der Waals surface area (Å²) < 4.78 is 0. The molecule has 0 bridgehead atoms. The number of hydrogen-bond donors (Lipinski definition) is 1. The van der Waals surface area contributed by atoms with Crippen molar-refractivity contribution >= 4 is 27.6 Å². The molecule has 46 heavy (non-hydrogen) atoms. The van der Waals surface area contributed by atoms with Gasteiger partial charge in [-0.3, -0.25) is 14.8 Å². The predicted octanol–water partition coefficient (Wildman–Crippen LogP) is 11.1. The minimum absolute atomic E-state index is 0. The number of aliphatic hydroxyl groups is 1. The molecule has 2 fully saturated rings. The number of hydrogen-bond acceptors (Lipinski definition) is 4. The number of rotatable bonds is 4. The van der Waals surface area contributed by atoms with Gasteiger partial charge in [-0.15, -0.1) is 29.1 Å². The van der Waals surface area contributed by atoms with Crippen LogP contribution in [0.4, 0.5) is 0 Å². The monoisotopic (exact) mass is 798 g/mol. The Balaban J connectivity index is 0.000000249. The molecule has 1 radical (unpaired) electrons. The number of aliphatic hydroxyl groups excluding tert-OH is 1. The van der Waals surface area contributed by atoms with E-state index in [1.165, 1.54) is 23.8 Å². The number of carbonyl (C=O) groups is 1. The van der Waals surface area contributed by atoms with Crippen LogP contribution in [0.5, 0.6) is 0 Å². The number of carbonyl (C=O) groups excluding carboxylic acids is 1. The first-order valence-corrected chi connectivity index (χ1v) is 16.6. The van der Waals surface area contributed by atoms with Crippen LogP contribution in [-0.2, 0) is 30.3 Å². The van der Waals surface area contributed by atoms with Crippen molar-refractivity contribution in [2.24, 2.45) is 23.7 Å². The van der Waals surface area contributed by atoms with Crippen LogP contribution in [0, 0.1) is 36.7 Å². The Morgan fingerprint density at radius 1 is 0.848 bits per heavy atom. The Morgan fingerprint density at radius 2 is 1.46 bits per heavy atom. The molecule has 0 spiro atoms. The molecule has 3 aromatic carbocycles. The van der Waals surface area contributed by atoms with Gasteiger partial charge in [0.25, 0.3) is 0 Å². The SMILES string of the molecule is C.CC1CCC(C(=O)C=C(O)C2CCC(C)CC2)CC1.Cc1nc2ccc(C(C)(C)C)cc2nc1-c1[c-]ccc2ccccc12.[Ir]. The van der Waals surface area contributed by atoms with Crippen molar-refractivity contribution in [2.75, 3.05) is 0 Å². The molecule has 0 saturated heterocycles. The first-order valence-electron chi connectivity index (χ1n) is 16.6. The Labute approximate surface area is 290 Å². The van der Waals surface area contributed by atoms with E-state index < -0.39 is 0 Å². The molecule has 4 aromatic rings. The molecule has 5 heteroatoms. The van der Waals surface area contributed by atoms with Gasteiger partial charge in [-0.05, 0) is 67.6 Å². The Kier molecular flexibility index (Phi) is 13.3. The summed E-state index contributed by atoms with van der Waals surface area (Å²) in [5, 5.41) is 12.5. The van der Waals surface area contributed by atoms with E-state index in [0.29, 0.717) is 5.76 Å². The molecule has 6 rings (SSSR count). The van der Waals surface area contributed by atoms with Crippen LogP contribution < -0.4 is 0 Å². The van der Waals surface area contributed by atoms with Gasteiger partial charge in [0.05, 0.1) is 16.8 Å². The largest absolute Gasteiger partial charge is 0.512 e. The van der Waals surface area contributed by atoms with Gasteiger partial charge in [0, 0.05) is 49.4 Å². The average molecular weight is 798 g/mol. The van der Waals surface area contributed by atoms with Crippen LogP contribution >= 0.6 is 0 Å². The number of aryl methyl sites for hydroxylation is 1. The van der Waals surface area contributed by atoms with E-state index in [1.54, 1.807) is 6.08 Å². The summed E-state index contributed by atoms with van der Waals surface area (Å²) in [5.41, 5.74) is 6.10. The smallest absolute Gasteiger partial charge is 0.162 e.